The van der Waals surface area contributed by atoms with Crippen LogP contribution < -0.4 is 10.2 Å². The van der Waals surface area contributed by atoms with Gasteiger partial charge in [0, 0.05) is 31.0 Å². The Bertz CT molecular complexity index is 1480. The maximum absolute atomic E-state index is 13.4. The van der Waals surface area contributed by atoms with Gasteiger partial charge in [-0.2, -0.15) is 4.98 Å². The highest BCUT2D eigenvalue weighted by molar-refractivity contribution is 7.22. The predicted molar refractivity (Wildman–Crippen MR) is 134 cm³/mol. The molecule has 4 aromatic heterocycles. The van der Waals surface area contributed by atoms with E-state index in [0.29, 0.717) is 22.5 Å². The molecule has 1 aliphatic rings. The van der Waals surface area contributed by atoms with Crippen molar-refractivity contribution in [2.24, 2.45) is 0 Å². The lowest BCUT2D eigenvalue weighted by atomic mass is 10.1. The molecule has 1 N–H and O–H groups in total. The molecule has 5 heterocycles. The van der Waals surface area contributed by atoms with Crippen molar-refractivity contribution in [2.75, 3.05) is 23.3 Å². The first-order valence-electron chi connectivity index (χ1n) is 11.4. The van der Waals surface area contributed by atoms with Crippen molar-refractivity contribution in [1.82, 2.24) is 25.1 Å². The van der Waals surface area contributed by atoms with Crippen molar-refractivity contribution in [3.8, 4) is 22.7 Å². The van der Waals surface area contributed by atoms with Crippen LogP contribution in [0.3, 0.4) is 0 Å². The molecule has 1 aromatic carbocycles. The van der Waals surface area contributed by atoms with E-state index < -0.39 is 0 Å². The smallest absolute Gasteiger partial charge is 0.322 e. The molecule has 9 nitrogen and oxygen atoms in total. The maximum atomic E-state index is 13.4. The number of anilines is 2. The molecular formula is C25H21N7O2S. The molecule has 6 rings (SSSR count). The molecule has 0 atom stereocenters. The van der Waals surface area contributed by atoms with Crippen molar-refractivity contribution in [3.63, 3.8) is 0 Å². The van der Waals surface area contributed by atoms with Gasteiger partial charge in [0.15, 0.2) is 10.8 Å². The normalized spacial score (nSPS) is 13.8. The Kier molecular flexibility index (Phi) is 5.63. The summed E-state index contributed by atoms with van der Waals surface area (Å²) in [7, 11) is 0. The average Bonchev–Trinajstić information content (AvgIpc) is 3.57. The summed E-state index contributed by atoms with van der Waals surface area (Å²) in [6.07, 6.45) is 6.80. The molecule has 1 aliphatic heterocycles. The van der Waals surface area contributed by atoms with E-state index in [1.807, 2.05) is 36.4 Å². The lowest BCUT2D eigenvalue weighted by molar-refractivity contribution is 0.102. The molecule has 0 aliphatic carbocycles. The van der Waals surface area contributed by atoms with Crippen LogP contribution in [0.5, 0.6) is 0 Å². The summed E-state index contributed by atoms with van der Waals surface area (Å²) in [5.41, 5.74) is 3.29. The van der Waals surface area contributed by atoms with Crippen LogP contribution in [-0.4, -0.2) is 44.1 Å². The van der Waals surface area contributed by atoms with Crippen molar-refractivity contribution in [1.29, 1.82) is 0 Å². The second-order valence-electron chi connectivity index (χ2n) is 8.23. The second-order valence-corrected chi connectivity index (χ2v) is 9.20. The van der Waals surface area contributed by atoms with Gasteiger partial charge in [0.2, 0.25) is 0 Å². The van der Waals surface area contributed by atoms with Crippen LogP contribution in [0.25, 0.3) is 33.1 Å². The van der Waals surface area contributed by atoms with Gasteiger partial charge in [-0.25, -0.2) is 4.98 Å². The van der Waals surface area contributed by atoms with Gasteiger partial charge in [-0.05, 0) is 37.5 Å². The van der Waals surface area contributed by atoms with E-state index in [2.05, 4.69) is 25.4 Å². The molecule has 0 spiro atoms. The van der Waals surface area contributed by atoms with Crippen molar-refractivity contribution in [2.45, 2.75) is 19.3 Å². The van der Waals surface area contributed by atoms with Crippen LogP contribution in [0.2, 0.25) is 0 Å². The number of amides is 1. The van der Waals surface area contributed by atoms with Gasteiger partial charge in [-0.3, -0.25) is 15.1 Å². The first-order valence-corrected chi connectivity index (χ1v) is 12.2. The van der Waals surface area contributed by atoms with Crippen LogP contribution in [-0.2, 0) is 0 Å². The number of fused-ring (bicyclic) bond motifs is 1. The van der Waals surface area contributed by atoms with E-state index in [4.69, 9.17) is 14.4 Å². The van der Waals surface area contributed by atoms with Crippen LogP contribution in [0.15, 0.2) is 65.3 Å². The number of piperidine rings is 1. The van der Waals surface area contributed by atoms with Crippen molar-refractivity contribution in [3.05, 3.63) is 66.5 Å². The zero-order chi connectivity index (χ0) is 23.6. The van der Waals surface area contributed by atoms with Gasteiger partial charge >= 0.3 is 6.01 Å². The maximum Gasteiger partial charge on any atom is 0.322 e. The Morgan fingerprint density at radius 1 is 0.971 bits per heavy atom. The average molecular weight is 484 g/mol. The summed E-state index contributed by atoms with van der Waals surface area (Å²) in [6.45, 7) is 1.93. The molecule has 35 heavy (non-hydrogen) atoms. The Morgan fingerprint density at radius 3 is 2.60 bits per heavy atom. The van der Waals surface area contributed by atoms with Gasteiger partial charge in [-0.1, -0.05) is 46.8 Å². The van der Waals surface area contributed by atoms with E-state index in [1.54, 1.807) is 24.5 Å². The highest BCUT2D eigenvalue weighted by Crippen LogP contribution is 2.34. The van der Waals surface area contributed by atoms with E-state index in [0.717, 1.165) is 41.3 Å². The van der Waals surface area contributed by atoms with Crippen LogP contribution in [0, 0.1) is 0 Å². The Morgan fingerprint density at radius 2 is 1.80 bits per heavy atom. The largest absolute Gasteiger partial charge is 0.403 e. The minimum Gasteiger partial charge on any atom is -0.403 e. The molecule has 174 valence electrons. The van der Waals surface area contributed by atoms with Gasteiger partial charge in [0.25, 0.3) is 11.8 Å². The zero-order valence-corrected chi connectivity index (χ0v) is 19.5. The van der Waals surface area contributed by atoms with Crippen molar-refractivity contribution < 1.29 is 9.21 Å². The first-order chi connectivity index (χ1) is 17.2. The Balaban J connectivity index is 1.37. The summed E-state index contributed by atoms with van der Waals surface area (Å²) in [5, 5.41) is 11.6. The van der Waals surface area contributed by atoms with Crippen molar-refractivity contribution >= 4 is 38.7 Å². The Labute approximate surface area is 204 Å². The fourth-order valence-corrected chi connectivity index (χ4v) is 5.16. The van der Waals surface area contributed by atoms with Gasteiger partial charge in [-0.15, -0.1) is 5.10 Å². The number of hydrogen-bond acceptors (Lipinski definition) is 9. The number of carbonyl (C=O) groups is 1. The Hall–Kier alpha value is -4.18. The topological polar surface area (TPSA) is 110 Å². The number of rotatable bonds is 5. The minimum absolute atomic E-state index is 0.0147. The van der Waals surface area contributed by atoms with Crippen LogP contribution in [0.4, 0.5) is 11.1 Å². The number of nitrogens with one attached hydrogen (secondary N) is 1. The number of pyridine rings is 2. The fraction of sp³-hybridized carbons (Fsp3) is 0.200. The molecule has 1 saturated heterocycles. The third-order valence-electron chi connectivity index (χ3n) is 5.84. The molecule has 1 amide bonds. The molecule has 10 heteroatoms. The standard InChI is InChI=1S/C25H21N7O2S/c33-22(29-24-31-30-23(34-24)17-10-7-11-26-15-17)18-14-19(16-8-3-1-4-9-16)27-21-20(18)35-25(28-21)32-12-5-2-6-13-32/h1,3-4,7-11,14-15H,2,5-6,12-13H2,(H,29,31,33). The van der Waals surface area contributed by atoms with E-state index in [9.17, 15) is 4.79 Å². The van der Waals surface area contributed by atoms with Gasteiger partial charge in [0.1, 0.15) is 0 Å². The van der Waals surface area contributed by atoms with Gasteiger partial charge in [0.05, 0.1) is 21.5 Å². The SMILES string of the molecule is O=C(Nc1nnc(-c2cccnc2)o1)c1cc(-c2ccccc2)nc2nc(N3CCCCC3)sc12. The lowest BCUT2D eigenvalue weighted by Crippen LogP contribution is -2.29. The summed E-state index contributed by atoms with van der Waals surface area (Å²) < 4.78 is 6.39. The molecule has 0 bridgehead atoms. The number of benzene rings is 1. The van der Waals surface area contributed by atoms with E-state index >= 15 is 0 Å². The fourth-order valence-electron chi connectivity index (χ4n) is 4.09. The van der Waals surface area contributed by atoms with E-state index in [-0.39, 0.29) is 17.8 Å². The van der Waals surface area contributed by atoms with E-state index in [1.165, 1.54) is 17.8 Å². The molecule has 1 fully saturated rings. The summed E-state index contributed by atoms with van der Waals surface area (Å²) >= 11 is 1.49. The quantitative estimate of drug-likeness (QED) is 0.370. The summed E-state index contributed by atoms with van der Waals surface area (Å²) in [4.78, 5) is 29.4. The molecule has 0 saturated carbocycles. The molecular weight excluding hydrogens is 462 g/mol. The third kappa shape index (κ3) is 4.35. The van der Waals surface area contributed by atoms with Gasteiger partial charge < -0.3 is 9.32 Å². The number of thiazole rings is 1. The lowest BCUT2D eigenvalue weighted by Gasteiger charge is -2.25. The number of carbonyl (C=O) groups excluding carboxylic acids is 1. The number of hydrogen-bond donors (Lipinski definition) is 1. The predicted octanol–water partition coefficient (Wildman–Crippen LogP) is 5.05. The summed E-state index contributed by atoms with van der Waals surface area (Å²) in [6, 6.07) is 15.2. The third-order valence-corrected chi connectivity index (χ3v) is 6.98. The van der Waals surface area contributed by atoms with Crippen LogP contribution in [0.1, 0.15) is 29.6 Å². The zero-order valence-electron chi connectivity index (χ0n) is 18.7. The molecule has 5 aromatic rings. The van der Waals surface area contributed by atoms with Crippen LogP contribution >= 0.6 is 11.3 Å². The molecule has 0 unspecified atom stereocenters. The number of nitrogens with zero attached hydrogens (tertiary/aromatic N) is 6. The minimum atomic E-state index is -0.357. The monoisotopic (exact) mass is 483 g/mol. The second kappa shape index (κ2) is 9.22. The highest BCUT2D eigenvalue weighted by Gasteiger charge is 2.22. The molecule has 0 radical (unpaired) electrons. The highest BCUT2D eigenvalue weighted by atomic mass is 32.1. The summed E-state index contributed by atoms with van der Waals surface area (Å²) in [5.74, 6) is -0.0757. The first kappa shape index (κ1) is 21.4. The number of aromatic nitrogens is 5.